The zero-order valence-corrected chi connectivity index (χ0v) is 10.8. The Kier molecular flexibility index (Phi) is 3.49. The van der Waals surface area contributed by atoms with E-state index in [-0.39, 0.29) is 21.6 Å². The largest absolute Gasteiger partial charge is 0.286 e. The second kappa shape index (κ2) is 7.77. The molecule has 0 heterocycles. The lowest BCUT2D eigenvalue weighted by Crippen LogP contribution is -2.04. The first-order valence-corrected chi connectivity index (χ1v) is 8.76. The van der Waals surface area contributed by atoms with Crippen LogP contribution in [0, 0.1) is 0 Å². The van der Waals surface area contributed by atoms with Crippen LogP contribution in [-0.2, 0) is 20.2 Å². The molecule has 10 heteroatoms. The van der Waals surface area contributed by atoms with E-state index in [9.17, 15) is 16.8 Å². The van der Waals surface area contributed by atoms with Crippen LogP contribution in [0.5, 0.6) is 0 Å². The van der Waals surface area contributed by atoms with Crippen molar-refractivity contribution in [1.82, 2.24) is 0 Å². The molecule has 0 aromatic heterocycles. The predicted molar refractivity (Wildman–Crippen MR) is 67.0 cm³/mol. The van der Waals surface area contributed by atoms with Crippen molar-refractivity contribution in [3.8, 4) is 0 Å². The fourth-order valence-electron chi connectivity index (χ4n) is 0.342. The molecule has 0 atom stereocenters. The smallest absolute Gasteiger partial charge is 0.264 e. The summed E-state index contributed by atoms with van der Waals surface area (Å²) in [6, 6.07) is 0. The van der Waals surface area contributed by atoms with Crippen molar-refractivity contribution < 1.29 is 36.9 Å². The molecule has 16 heavy (non-hydrogen) atoms. The van der Waals surface area contributed by atoms with Crippen LogP contribution in [0.25, 0.3) is 0 Å². The summed E-state index contributed by atoms with van der Waals surface area (Å²) in [5, 5.41) is 0. The molecule has 0 bridgehead atoms. The van der Waals surface area contributed by atoms with E-state index < -0.39 is 55.9 Å². The van der Waals surface area contributed by atoms with Gasteiger partial charge in [0.15, 0.2) is 0 Å². The van der Waals surface area contributed by atoms with Crippen LogP contribution < -0.4 is 0 Å². The minimum absolute atomic E-state index is 0.206. The van der Waals surface area contributed by atoms with E-state index in [4.69, 9.17) is 20.1 Å². The van der Waals surface area contributed by atoms with Crippen molar-refractivity contribution in [3.63, 3.8) is 0 Å². The Labute approximate surface area is 115 Å². The molecule has 0 rings (SSSR count). The van der Waals surface area contributed by atoms with Crippen molar-refractivity contribution in [2.75, 3.05) is 22.9 Å². The van der Waals surface area contributed by atoms with Gasteiger partial charge in [-0.1, -0.05) is 21.6 Å². The highest BCUT2D eigenvalue weighted by atomic mass is 33.1. The molecule has 98 valence electrons. The van der Waals surface area contributed by atoms with Crippen molar-refractivity contribution >= 4 is 41.8 Å². The number of hydrogen-bond acceptors (Lipinski definition) is 6. The van der Waals surface area contributed by atoms with Gasteiger partial charge < -0.3 is 0 Å². The van der Waals surface area contributed by atoms with Gasteiger partial charge in [0.25, 0.3) is 20.2 Å². The molecule has 0 aliphatic rings. The van der Waals surface area contributed by atoms with Crippen LogP contribution in [0.3, 0.4) is 0 Å². The summed E-state index contributed by atoms with van der Waals surface area (Å²) in [6.45, 7) is 0. The van der Waals surface area contributed by atoms with Crippen molar-refractivity contribution in [2.45, 2.75) is 12.7 Å². The van der Waals surface area contributed by atoms with Gasteiger partial charge in [-0.25, -0.2) is 0 Å². The molecule has 0 aromatic rings. The van der Waals surface area contributed by atoms with Crippen LogP contribution in [0.15, 0.2) is 0 Å². The van der Waals surface area contributed by atoms with Crippen LogP contribution in [-0.4, -0.2) is 48.9 Å². The van der Waals surface area contributed by atoms with Gasteiger partial charge in [0.2, 0.25) is 0 Å². The Balaban J connectivity index is 5.28. The highest BCUT2D eigenvalue weighted by Gasteiger charge is 2.05. The standard InChI is InChI=1S/C6H14O6S4/c7-15(8,9)5-1-3-13-14-4-2-6-16(10,11)12/h1-6H2,(H,7,8,9)(H,10,11,12)/i1D2,2D2,3D2,4D2. The fraction of sp³-hybridized carbons (Fsp3) is 1.00. The molecular weight excluding hydrogens is 296 g/mol. The molecule has 0 aliphatic heterocycles. The summed E-state index contributed by atoms with van der Waals surface area (Å²) in [6.07, 6.45) is -6.33. The van der Waals surface area contributed by atoms with E-state index in [0.717, 1.165) is 0 Å². The maximum Gasteiger partial charge on any atom is 0.264 e. The lowest BCUT2D eigenvalue weighted by molar-refractivity contribution is 0.480. The molecule has 6 nitrogen and oxygen atoms in total. The summed E-state index contributed by atoms with van der Waals surface area (Å²) in [4.78, 5) is 0. The second-order valence-corrected chi connectivity index (χ2v) is 6.82. The minimum Gasteiger partial charge on any atom is -0.286 e. The van der Waals surface area contributed by atoms with E-state index in [1.54, 1.807) is 0 Å². The third-order valence-corrected chi connectivity index (χ3v) is 3.09. The molecule has 0 amide bonds. The van der Waals surface area contributed by atoms with Gasteiger partial charge in [0.05, 0.1) is 11.5 Å². The van der Waals surface area contributed by atoms with Gasteiger partial charge in [-0.15, -0.1) is 0 Å². The Hall–Kier alpha value is 0.520. The Morgan fingerprint density at radius 1 is 0.875 bits per heavy atom. The average molecular weight is 318 g/mol. The van der Waals surface area contributed by atoms with E-state index in [0.29, 0.717) is 0 Å². The average Bonchev–Trinajstić information content (AvgIpc) is 2.19. The van der Waals surface area contributed by atoms with Gasteiger partial charge in [-0.05, 0) is 12.7 Å². The summed E-state index contributed by atoms with van der Waals surface area (Å²) >= 11 is 0. The van der Waals surface area contributed by atoms with Crippen molar-refractivity contribution in [3.05, 3.63) is 0 Å². The molecule has 0 saturated heterocycles. The maximum absolute atomic E-state index is 10.7. The highest BCUT2D eigenvalue weighted by Crippen LogP contribution is 2.22. The molecule has 0 aliphatic carbocycles. The zero-order valence-electron chi connectivity index (χ0n) is 15.6. The Morgan fingerprint density at radius 2 is 1.19 bits per heavy atom. The minimum atomic E-state index is -4.89. The van der Waals surface area contributed by atoms with Crippen molar-refractivity contribution in [2.24, 2.45) is 0 Å². The summed E-state index contributed by atoms with van der Waals surface area (Å²) in [5.74, 6) is -3.25. The molecule has 0 spiro atoms. The second-order valence-electron chi connectivity index (χ2n) is 2.18. The summed E-state index contributed by atoms with van der Waals surface area (Å²) in [7, 11) is -10.2. The van der Waals surface area contributed by atoms with E-state index in [1.807, 2.05) is 0 Å². The molecular formula is C6H14O6S4. The third kappa shape index (κ3) is 14.5. The number of rotatable bonds is 9. The van der Waals surface area contributed by atoms with Crippen LogP contribution in [0.1, 0.15) is 23.7 Å². The van der Waals surface area contributed by atoms with Crippen LogP contribution >= 0.6 is 21.6 Å². The molecule has 0 radical (unpaired) electrons. The van der Waals surface area contributed by atoms with Gasteiger partial charge in [-0.3, -0.25) is 9.11 Å². The Bertz CT molecular complexity index is 601. The van der Waals surface area contributed by atoms with E-state index in [1.165, 1.54) is 0 Å². The highest BCUT2D eigenvalue weighted by molar-refractivity contribution is 8.76. The van der Waals surface area contributed by atoms with Gasteiger partial charge in [0.1, 0.15) is 0 Å². The lowest BCUT2D eigenvalue weighted by atomic mass is 10.6. The van der Waals surface area contributed by atoms with Gasteiger partial charge in [-0.2, -0.15) is 16.8 Å². The molecule has 0 fully saturated rings. The first-order valence-electron chi connectivity index (χ1n) is 7.39. The summed E-state index contributed by atoms with van der Waals surface area (Å²) < 4.78 is 119. The topological polar surface area (TPSA) is 109 Å². The quantitative estimate of drug-likeness (QED) is 0.477. The normalized spacial score (nSPS) is 23.9. The fourth-order valence-corrected chi connectivity index (χ4v) is 1.98. The van der Waals surface area contributed by atoms with Gasteiger partial charge >= 0.3 is 0 Å². The predicted octanol–water partition coefficient (Wildman–Crippen LogP) is 0.924. The lowest BCUT2D eigenvalue weighted by Gasteiger charge is -2.00. The zero-order chi connectivity index (χ0) is 19.8. The molecule has 0 unspecified atom stereocenters. The van der Waals surface area contributed by atoms with Crippen LogP contribution in [0.2, 0.25) is 0 Å². The third-order valence-electron chi connectivity index (χ3n) is 0.778. The number of hydrogen-bond donors (Lipinski definition) is 2. The van der Waals surface area contributed by atoms with Crippen LogP contribution in [0.4, 0.5) is 0 Å². The molecule has 0 aromatic carbocycles. The van der Waals surface area contributed by atoms with Crippen molar-refractivity contribution in [1.29, 1.82) is 0 Å². The molecule has 0 saturated carbocycles. The van der Waals surface area contributed by atoms with E-state index >= 15 is 0 Å². The first kappa shape index (κ1) is 7.19. The molecule has 2 N–H and O–H groups in total. The van der Waals surface area contributed by atoms with Gasteiger partial charge in [0, 0.05) is 22.4 Å². The van der Waals surface area contributed by atoms with E-state index in [2.05, 4.69) is 0 Å². The maximum atomic E-state index is 10.7. The summed E-state index contributed by atoms with van der Waals surface area (Å²) in [5.41, 5.74) is -6.18. The first-order chi connectivity index (χ1) is 10.1. The SMILES string of the molecule is [2H]C([2H])(CS(=O)(=O)O)C([2H])([2H])SSC([2H])([2H])C([2H])([2H])CS(=O)(=O)O. The Morgan fingerprint density at radius 3 is 1.44 bits per heavy atom. The monoisotopic (exact) mass is 318 g/mol.